The van der Waals surface area contributed by atoms with Crippen LogP contribution in [0.5, 0.6) is 0 Å². The molecular formula is C22H17NO2. The van der Waals surface area contributed by atoms with E-state index in [2.05, 4.69) is 0 Å². The van der Waals surface area contributed by atoms with Crippen molar-refractivity contribution in [2.75, 3.05) is 0 Å². The second kappa shape index (κ2) is 5.71. The van der Waals surface area contributed by atoms with E-state index in [4.69, 9.17) is 4.98 Å². The van der Waals surface area contributed by atoms with Crippen molar-refractivity contribution in [3.05, 3.63) is 77.4 Å². The van der Waals surface area contributed by atoms with Crippen LogP contribution in [0.4, 0.5) is 0 Å². The third kappa shape index (κ3) is 2.45. The van der Waals surface area contributed by atoms with E-state index in [0.717, 1.165) is 22.3 Å². The van der Waals surface area contributed by atoms with E-state index in [9.17, 15) is 9.90 Å². The standard InChI is InChI=1S/C22H17NO2/c1-13-8-10-16-18(12-13)23-17-11-9-14(2)19(15-6-4-3-5-7-15)21(17)20(16)22(24)25/h3-12H,1-2H3,(H,24,25). The summed E-state index contributed by atoms with van der Waals surface area (Å²) in [5.41, 5.74) is 5.78. The Balaban J connectivity index is 2.25. The molecular weight excluding hydrogens is 310 g/mol. The quantitative estimate of drug-likeness (QED) is 0.504. The molecule has 0 aliphatic carbocycles. The highest BCUT2D eigenvalue weighted by Crippen LogP contribution is 2.36. The fraction of sp³-hybridized carbons (Fsp3) is 0.0909. The van der Waals surface area contributed by atoms with Gasteiger partial charge in [0.1, 0.15) is 0 Å². The lowest BCUT2D eigenvalue weighted by molar-refractivity contribution is 0.0701. The molecule has 1 aromatic heterocycles. The fourth-order valence-corrected chi connectivity index (χ4v) is 3.45. The number of aryl methyl sites for hydroxylation is 2. The molecule has 25 heavy (non-hydrogen) atoms. The van der Waals surface area contributed by atoms with Crippen LogP contribution in [0.1, 0.15) is 21.5 Å². The minimum Gasteiger partial charge on any atom is -0.478 e. The number of aromatic carboxylic acids is 1. The number of aromatic nitrogens is 1. The van der Waals surface area contributed by atoms with Gasteiger partial charge in [0.2, 0.25) is 0 Å². The Morgan fingerprint density at radius 2 is 1.68 bits per heavy atom. The monoisotopic (exact) mass is 327 g/mol. The first kappa shape index (κ1) is 15.3. The van der Waals surface area contributed by atoms with Gasteiger partial charge in [-0.1, -0.05) is 48.5 Å². The van der Waals surface area contributed by atoms with Crippen molar-refractivity contribution in [1.82, 2.24) is 4.98 Å². The molecule has 4 rings (SSSR count). The number of hydrogen-bond acceptors (Lipinski definition) is 2. The van der Waals surface area contributed by atoms with E-state index in [0.29, 0.717) is 27.4 Å². The molecule has 3 heteroatoms. The van der Waals surface area contributed by atoms with Crippen molar-refractivity contribution in [1.29, 1.82) is 0 Å². The summed E-state index contributed by atoms with van der Waals surface area (Å²) in [6.45, 7) is 3.99. The highest BCUT2D eigenvalue weighted by atomic mass is 16.4. The van der Waals surface area contributed by atoms with Crippen molar-refractivity contribution in [3.8, 4) is 11.1 Å². The summed E-state index contributed by atoms with van der Waals surface area (Å²) in [6, 6.07) is 19.5. The number of carboxylic acid groups (broad SMARTS) is 1. The molecule has 0 saturated carbocycles. The van der Waals surface area contributed by atoms with Gasteiger partial charge in [0.25, 0.3) is 0 Å². The van der Waals surface area contributed by atoms with Gasteiger partial charge in [0, 0.05) is 10.8 Å². The van der Waals surface area contributed by atoms with Gasteiger partial charge in [0.05, 0.1) is 16.6 Å². The Kier molecular flexibility index (Phi) is 3.50. The molecule has 122 valence electrons. The van der Waals surface area contributed by atoms with E-state index < -0.39 is 5.97 Å². The zero-order valence-corrected chi connectivity index (χ0v) is 14.1. The topological polar surface area (TPSA) is 50.2 Å². The SMILES string of the molecule is Cc1ccc2c(C(=O)O)c3c(-c4ccccc4)c(C)ccc3nc2c1. The number of fused-ring (bicyclic) bond motifs is 2. The van der Waals surface area contributed by atoms with Gasteiger partial charge in [-0.25, -0.2) is 9.78 Å². The molecule has 0 aliphatic heterocycles. The Labute approximate surface area is 145 Å². The van der Waals surface area contributed by atoms with E-state index >= 15 is 0 Å². The zero-order chi connectivity index (χ0) is 17.6. The van der Waals surface area contributed by atoms with Crippen LogP contribution in [-0.2, 0) is 0 Å². The highest BCUT2D eigenvalue weighted by molar-refractivity contribution is 6.18. The first-order valence-corrected chi connectivity index (χ1v) is 8.18. The maximum absolute atomic E-state index is 12.2. The third-order valence-corrected chi connectivity index (χ3v) is 4.58. The zero-order valence-electron chi connectivity index (χ0n) is 14.1. The summed E-state index contributed by atoms with van der Waals surface area (Å²) in [4.78, 5) is 16.9. The maximum Gasteiger partial charge on any atom is 0.337 e. The van der Waals surface area contributed by atoms with Gasteiger partial charge in [-0.15, -0.1) is 0 Å². The van der Waals surface area contributed by atoms with Crippen molar-refractivity contribution >= 4 is 27.8 Å². The summed E-state index contributed by atoms with van der Waals surface area (Å²) in [6.07, 6.45) is 0. The van der Waals surface area contributed by atoms with Gasteiger partial charge in [0.15, 0.2) is 0 Å². The van der Waals surface area contributed by atoms with Gasteiger partial charge in [-0.05, 0) is 48.2 Å². The van der Waals surface area contributed by atoms with Crippen LogP contribution in [0.3, 0.4) is 0 Å². The van der Waals surface area contributed by atoms with Crippen LogP contribution in [0.15, 0.2) is 60.7 Å². The average molecular weight is 327 g/mol. The van der Waals surface area contributed by atoms with Gasteiger partial charge < -0.3 is 5.11 Å². The molecule has 3 aromatic carbocycles. The first-order valence-electron chi connectivity index (χ1n) is 8.18. The smallest absolute Gasteiger partial charge is 0.337 e. The predicted octanol–water partition coefficient (Wildman–Crippen LogP) is 5.37. The molecule has 1 N–H and O–H groups in total. The summed E-state index contributed by atoms with van der Waals surface area (Å²) in [5.74, 6) is -0.927. The Bertz CT molecular complexity index is 1130. The van der Waals surface area contributed by atoms with E-state index in [-0.39, 0.29) is 0 Å². The molecule has 1 heterocycles. The highest BCUT2D eigenvalue weighted by Gasteiger charge is 2.20. The minimum absolute atomic E-state index is 0.322. The van der Waals surface area contributed by atoms with Crippen LogP contribution >= 0.6 is 0 Å². The molecule has 4 aromatic rings. The van der Waals surface area contributed by atoms with Crippen molar-refractivity contribution in [2.24, 2.45) is 0 Å². The van der Waals surface area contributed by atoms with E-state index in [1.807, 2.05) is 74.5 Å². The number of carboxylic acids is 1. The largest absolute Gasteiger partial charge is 0.478 e. The molecule has 0 aliphatic rings. The molecule has 0 bridgehead atoms. The Hall–Kier alpha value is -3.20. The average Bonchev–Trinajstić information content (AvgIpc) is 2.60. The minimum atomic E-state index is -0.927. The normalized spacial score (nSPS) is 11.1. The number of hydrogen-bond donors (Lipinski definition) is 1. The number of pyridine rings is 1. The lowest BCUT2D eigenvalue weighted by atomic mass is 9.91. The number of carbonyl (C=O) groups is 1. The summed E-state index contributed by atoms with van der Waals surface area (Å²) >= 11 is 0. The van der Waals surface area contributed by atoms with Gasteiger partial charge >= 0.3 is 5.97 Å². The second-order valence-electron chi connectivity index (χ2n) is 6.33. The molecule has 0 spiro atoms. The lowest BCUT2D eigenvalue weighted by Crippen LogP contribution is -2.03. The number of benzene rings is 3. The summed E-state index contributed by atoms with van der Waals surface area (Å²) in [7, 11) is 0. The van der Waals surface area contributed by atoms with Crippen molar-refractivity contribution < 1.29 is 9.90 Å². The molecule has 0 amide bonds. The van der Waals surface area contributed by atoms with E-state index in [1.165, 1.54) is 0 Å². The first-order chi connectivity index (χ1) is 12.1. The Morgan fingerprint density at radius 3 is 2.40 bits per heavy atom. The van der Waals surface area contributed by atoms with Crippen molar-refractivity contribution in [3.63, 3.8) is 0 Å². The summed E-state index contributed by atoms with van der Waals surface area (Å²) in [5, 5.41) is 11.4. The van der Waals surface area contributed by atoms with Crippen LogP contribution in [0, 0.1) is 13.8 Å². The molecule has 0 saturated heterocycles. The van der Waals surface area contributed by atoms with Crippen LogP contribution in [0.2, 0.25) is 0 Å². The second-order valence-corrected chi connectivity index (χ2v) is 6.33. The Morgan fingerprint density at radius 1 is 0.920 bits per heavy atom. The van der Waals surface area contributed by atoms with Gasteiger partial charge in [-0.3, -0.25) is 0 Å². The molecule has 0 radical (unpaired) electrons. The van der Waals surface area contributed by atoms with E-state index in [1.54, 1.807) is 0 Å². The van der Waals surface area contributed by atoms with Gasteiger partial charge in [-0.2, -0.15) is 0 Å². The molecule has 3 nitrogen and oxygen atoms in total. The third-order valence-electron chi connectivity index (χ3n) is 4.58. The van der Waals surface area contributed by atoms with Crippen LogP contribution in [0.25, 0.3) is 32.9 Å². The maximum atomic E-state index is 12.2. The van der Waals surface area contributed by atoms with Crippen LogP contribution in [-0.4, -0.2) is 16.1 Å². The number of rotatable bonds is 2. The molecule has 0 atom stereocenters. The predicted molar refractivity (Wildman–Crippen MR) is 101 cm³/mol. The van der Waals surface area contributed by atoms with Crippen LogP contribution < -0.4 is 0 Å². The van der Waals surface area contributed by atoms with Crippen molar-refractivity contribution in [2.45, 2.75) is 13.8 Å². The molecule has 0 unspecified atom stereocenters. The molecule has 0 fully saturated rings. The fourth-order valence-electron chi connectivity index (χ4n) is 3.45. The lowest BCUT2D eigenvalue weighted by Gasteiger charge is -2.15. The summed E-state index contributed by atoms with van der Waals surface area (Å²) < 4.78 is 0. The number of nitrogens with zero attached hydrogens (tertiary/aromatic N) is 1.